The quantitative estimate of drug-likeness (QED) is 0.743. The Morgan fingerprint density at radius 3 is 2.53 bits per heavy atom. The molecule has 0 aromatic heterocycles. The third-order valence-electron chi connectivity index (χ3n) is 2.78. The fourth-order valence-electron chi connectivity index (χ4n) is 1.54. The van der Waals surface area contributed by atoms with Crippen molar-refractivity contribution in [2.45, 2.75) is 26.7 Å². The Morgan fingerprint density at radius 2 is 1.94 bits per heavy atom. The van der Waals surface area contributed by atoms with Crippen molar-refractivity contribution in [2.24, 2.45) is 5.41 Å². The summed E-state index contributed by atoms with van der Waals surface area (Å²) in [7, 11) is 0. The van der Waals surface area contributed by atoms with E-state index < -0.39 is 0 Å². The lowest BCUT2D eigenvalue weighted by atomic mass is 9.89. The molecule has 0 atom stereocenters. The Morgan fingerprint density at radius 1 is 1.29 bits per heavy atom. The third kappa shape index (κ3) is 5.00. The lowest BCUT2D eigenvalue weighted by Gasteiger charge is -2.21. The second kappa shape index (κ2) is 6.40. The average molecular weight is 235 g/mol. The number of nitrogens with one attached hydrogen (secondary N) is 1. The molecular weight excluding hydrogens is 214 g/mol. The summed E-state index contributed by atoms with van der Waals surface area (Å²) in [6, 6.07) is 9.19. The molecule has 0 heterocycles. The topological polar surface area (TPSA) is 49.3 Å². The molecule has 0 aliphatic heterocycles. The summed E-state index contributed by atoms with van der Waals surface area (Å²) in [6.45, 7) is 4.87. The zero-order chi connectivity index (χ0) is 12.7. The molecule has 0 aliphatic rings. The van der Waals surface area contributed by atoms with Gasteiger partial charge in [0.15, 0.2) is 0 Å². The monoisotopic (exact) mass is 235 g/mol. The van der Waals surface area contributed by atoms with Gasteiger partial charge in [0.2, 0.25) is 0 Å². The minimum absolute atomic E-state index is 0.0348. The van der Waals surface area contributed by atoms with Crippen LogP contribution in [-0.2, 0) is 0 Å². The van der Waals surface area contributed by atoms with E-state index >= 15 is 0 Å². The van der Waals surface area contributed by atoms with Gasteiger partial charge in [0.1, 0.15) is 0 Å². The predicted molar refractivity (Wildman–Crippen MR) is 68.9 cm³/mol. The van der Waals surface area contributed by atoms with E-state index in [0.717, 1.165) is 12.8 Å². The molecule has 0 fully saturated rings. The van der Waals surface area contributed by atoms with Crippen LogP contribution in [0.1, 0.15) is 37.0 Å². The molecule has 0 bridgehead atoms. The van der Waals surface area contributed by atoms with Gasteiger partial charge in [-0.25, -0.2) is 0 Å². The van der Waals surface area contributed by atoms with Crippen LogP contribution in [0.15, 0.2) is 30.3 Å². The van der Waals surface area contributed by atoms with Gasteiger partial charge in [0.05, 0.1) is 0 Å². The highest BCUT2D eigenvalue weighted by atomic mass is 16.3. The molecule has 0 aliphatic carbocycles. The first kappa shape index (κ1) is 13.7. The van der Waals surface area contributed by atoms with Gasteiger partial charge < -0.3 is 10.4 Å². The Hall–Kier alpha value is -1.35. The van der Waals surface area contributed by atoms with Crippen LogP contribution in [0.25, 0.3) is 0 Å². The maximum absolute atomic E-state index is 11.7. The standard InChI is InChI=1S/C14H21NO2/c1-14(2,11-16)9-6-10-15-13(17)12-7-4-3-5-8-12/h3-5,7-8,16H,6,9-11H2,1-2H3,(H,15,17). The van der Waals surface area contributed by atoms with Crippen molar-refractivity contribution in [3.63, 3.8) is 0 Å². The van der Waals surface area contributed by atoms with Gasteiger partial charge >= 0.3 is 0 Å². The van der Waals surface area contributed by atoms with Crippen molar-refractivity contribution in [1.82, 2.24) is 5.32 Å². The number of rotatable bonds is 6. The van der Waals surface area contributed by atoms with Crippen molar-refractivity contribution >= 4 is 5.91 Å². The lowest BCUT2D eigenvalue weighted by molar-refractivity contribution is 0.0948. The maximum Gasteiger partial charge on any atom is 0.251 e. The molecule has 0 saturated heterocycles. The van der Waals surface area contributed by atoms with Gasteiger partial charge in [-0.05, 0) is 30.4 Å². The second-order valence-corrected chi connectivity index (χ2v) is 5.05. The van der Waals surface area contributed by atoms with Crippen molar-refractivity contribution in [3.8, 4) is 0 Å². The van der Waals surface area contributed by atoms with Crippen LogP contribution < -0.4 is 5.32 Å². The Bertz CT molecular complexity index is 346. The molecule has 1 aromatic rings. The fraction of sp³-hybridized carbons (Fsp3) is 0.500. The Balaban J connectivity index is 2.26. The van der Waals surface area contributed by atoms with Gasteiger partial charge in [-0.1, -0.05) is 32.0 Å². The molecule has 0 radical (unpaired) electrons. The molecule has 1 aromatic carbocycles. The lowest BCUT2D eigenvalue weighted by Crippen LogP contribution is -2.26. The highest BCUT2D eigenvalue weighted by molar-refractivity contribution is 5.94. The zero-order valence-electron chi connectivity index (χ0n) is 10.6. The maximum atomic E-state index is 11.7. The first-order chi connectivity index (χ1) is 8.05. The van der Waals surface area contributed by atoms with E-state index in [1.807, 2.05) is 32.0 Å². The molecular formula is C14H21NO2. The summed E-state index contributed by atoms with van der Waals surface area (Å²) in [4.78, 5) is 11.7. The van der Waals surface area contributed by atoms with Crippen molar-refractivity contribution in [1.29, 1.82) is 0 Å². The fourth-order valence-corrected chi connectivity index (χ4v) is 1.54. The molecule has 0 unspecified atom stereocenters. The smallest absolute Gasteiger partial charge is 0.251 e. The number of aliphatic hydroxyl groups excluding tert-OH is 1. The van der Waals surface area contributed by atoms with Crippen LogP contribution in [0.3, 0.4) is 0 Å². The van der Waals surface area contributed by atoms with Crippen molar-refractivity contribution < 1.29 is 9.90 Å². The van der Waals surface area contributed by atoms with Crippen molar-refractivity contribution in [3.05, 3.63) is 35.9 Å². The normalized spacial score (nSPS) is 11.2. The SMILES string of the molecule is CC(C)(CO)CCCNC(=O)c1ccccc1. The summed E-state index contributed by atoms with van der Waals surface area (Å²) < 4.78 is 0. The molecule has 0 saturated carbocycles. The Labute approximate surface area is 103 Å². The number of hydrogen-bond acceptors (Lipinski definition) is 2. The molecule has 1 rings (SSSR count). The van der Waals surface area contributed by atoms with Gasteiger partial charge in [-0.2, -0.15) is 0 Å². The molecule has 3 heteroatoms. The first-order valence-electron chi connectivity index (χ1n) is 5.99. The molecule has 1 amide bonds. The molecule has 0 spiro atoms. The molecule has 3 nitrogen and oxygen atoms in total. The van der Waals surface area contributed by atoms with E-state index in [1.54, 1.807) is 12.1 Å². The summed E-state index contributed by atoms with van der Waals surface area (Å²) >= 11 is 0. The Kier molecular flexibility index (Phi) is 5.16. The highest BCUT2D eigenvalue weighted by Crippen LogP contribution is 2.20. The number of benzene rings is 1. The number of carbonyl (C=O) groups excluding carboxylic acids is 1. The van der Waals surface area contributed by atoms with E-state index in [2.05, 4.69) is 5.32 Å². The van der Waals surface area contributed by atoms with Crippen LogP contribution in [0, 0.1) is 5.41 Å². The van der Waals surface area contributed by atoms with E-state index in [-0.39, 0.29) is 17.9 Å². The van der Waals surface area contributed by atoms with Gasteiger partial charge in [0, 0.05) is 18.7 Å². The highest BCUT2D eigenvalue weighted by Gasteiger charge is 2.15. The van der Waals surface area contributed by atoms with Crippen molar-refractivity contribution in [2.75, 3.05) is 13.2 Å². The largest absolute Gasteiger partial charge is 0.396 e. The molecule has 2 N–H and O–H groups in total. The number of aliphatic hydroxyl groups is 1. The molecule has 17 heavy (non-hydrogen) atoms. The molecule has 94 valence electrons. The summed E-state index contributed by atoms with van der Waals surface area (Å²) in [6.07, 6.45) is 1.78. The number of hydrogen-bond donors (Lipinski definition) is 2. The van der Waals surface area contributed by atoms with Crippen LogP contribution in [0.4, 0.5) is 0 Å². The summed E-state index contributed by atoms with van der Waals surface area (Å²) in [5, 5.41) is 12.0. The van der Waals surface area contributed by atoms with Crippen LogP contribution >= 0.6 is 0 Å². The van der Waals surface area contributed by atoms with E-state index in [4.69, 9.17) is 5.11 Å². The van der Waals surface area contributed by atoms with Gasteiger partial charge in [-0.3, -0.25) is 4.79 Å². The zero-order valence-corrected chi connectivity index (χ0v) is 10.6. The predicted octanol–water partition coefficient (Wildman–Crippen LogP) is 2.22. The van der Waals surface area contributed by atoms with Crippen LogP contribution in [0.5, 0.6) is 0 Å². The minimum atomic E-state index is -0.0581. The first-order valence-corrected chi connectivity index (χ1v) is 5.99. The van der Waals surface area contributed by atoms with Gasteiger partial charge in [-0.15, -0.1) is 0 Å². The van der Waals surface area contributed by atoms with E-state index in [1.165, 1.54) is 0 Å². The van der Waals surface area contributed by atoms with Gasteiger partial charge in [0.25, 0.3) is 5.91 Å². The average Bonchev–Trinajstić information content (AvgIpc) is 2.35. The second-order valence-electron chi connectivity index (χ2n) is 5.05. The minimum Gasteiger partial charge on any atom is -0.396 e. The summed E-state index contributed by atoms with van der Waals surface area (Å²) in [5.74, 6) is -0.0348. The van der Waals surface area contributed by atoms with Crippen LogP contribution in [0.2, 0.25) is 0 Å². The number of amides is 1. The van der Waals surface area contributed by atoms with E-state index in [0.29, 0.717) is 12.1 Å². The number of carbonyl (C=O) groups is 1. The van der Waals surface area contributed by atoms with Crippen LogP contribution in [-0.4, -0.2) is 24.2 Å². The third-order valence-corrected chi connectivity index (χ3v) is 2.78. The summed E-state index contributed by atoms with van der Waals surface area (Å²) in [5.41, 5.74) is 0.631. The van der Waals surface area contributed by atoms with E-state index in [9.17, 15) is 4.79 Å².